The maximum absolute atomic E-state index is 12.5. The molecule has 0 unspecified atom stereocenters. The van der Waals surface area contributed by atoms with E-state index in [1.54, 1.807) is 38.1 Å². The summed E-state index contributed by atoms with van der Waals surface area (Å²) in [5, 5.41) is 18.3. The molecule has 2 nitrogen and oxygen atoms in total. The van der Waals surface area contributed by atoms with Crippen LogP contribution < -0.4 is 0 Å². The Bertz CT molecular complexity index is 548. The maximum atomic E-state index is 12.5. The number of benzene rings is 2. The summed E-state index contributed by atoms with van der Waals surface area (Å²) in [6, 6.07) is 14.5. The standard InChI is InChI=1S/C18H20F2O2/c1-17(2,21)11-13-3-7-15(8-4-13)16-9-5-14(6-10-16)12-18(19,20)22/h3-10,21-22H,11-12H2,1-2H3. The van der Waals surface area contributed by atoms with E-state index in [2.05, 4.69) is 0 Å². The third-order valence-corrected chi connectivity index (χ3v) is 3.29. The number of hydrogen-bond donors (Lipinski definition) is 2. The van der Waals surface area contributed by atoms with Gasteiger partial charge in [-0.15, -0.1) is 0 Å². The SMILES string of the molecule is CC(C)(O)Cc1ccc(-c2ccc(CC(O)(F)F)cc2)cc1. The Hall–Kier alpha value is -1.78. The van der Waals surface area contributed by atoms with Crippen LogP contribution in [0.5, 0.6) is 0 Å². The van der Waals surface area contributed by atoms with Crippen molar-refractivity contribution < 1.29 is 19.0 Å². The molecule has 0 aliphatic rings. The van der Waals surface area contributed by atoms with Gasteiger partial charge in [-0.05, 0) is 36.1 Å². The van der Waals surface area contributed by atoms with Crippen LogP contribution in [-0.2, 0) is 12.8 Å². The zero-order valence-corrected chi connectivity index (χ0v) is 12.7. The number of rotatable bonds is 5. The quantitative estimate of drug-likeness (QED) is 0.882. The van der Waals surface area contributed by atoms with E-state index in [9.17, 15) is 13.9 Å². The lowest BCUT2D eigenvalue weighted by Gasteiger charge is -2.17. The monoisotopic (exact) mass is 306 g/mol. The van der Waals surface area contributed by atoms with Crippen molar-refractivity contribution >= 4 is 0 Å². The molecular formula is C18H20F2O2. The minimum atomic E-state index is -3.68. The summed E-state index contributed by atoms with van der Waals surface area (Å²) in [5.41, 5.74) is 2.56. The van der Waals surface area contributed by atoms with Gasteiger partial charge in [0.15, 0.2) is 0 Å². The summed E-state index contributed by atoms with van der Waals surface area (Å²) in [6.45, 7) is 3.52. The van der Waals surface area contributed by atoms with Crippen molar-refractivity contribution in [3.8, 4) is 11.1 Å². The highest BCUT2D eigenvalue weighted by Crippen LogP contribution is 2.23. The van der Waals surface area contributed by atoms with Crippen molar-refractivity contribution in [2.75, 3.05) is 0 Å². The molecule has 0 aliphatic heterocycles. The van der Waals surface area contributed by atoms with E-state index in [1.165, 1.54) is 0 Å². The normalized spacial score (nSPS) is 12.5. The van der Waals surface area contributed by atoms with Crippen molar-refractivity contribution in [2.24, 2.45) is 0 Å². The molecule has 118 valence electrons. The highest BCUT2D eigenvalue weighted by molar-refractivity contribution is 5.64. The van der Waals surface area contributed by atoms with Crippen molar-refractivity contribution in [3.05, 3.63) is 59.7 Å². The second-order valence-corrected chi connectivity index (χ2v) is 6.23. The van der Waals surface area contributed by atoms with Gasteiger partial charge in [0.25, 0.3) is 0 Å². The Balaban J connectivity index is 2.12. The Labute approximate surface area is 129 Å². The summed E-state index contributed by atoms with van der Waals surface area (Å²) in [6.07, 6.45) is -3.80. The Morgan fingerprint density at radius 3 is 1.41 bits per heavy atom. The predicted octanol–water partition coefficient (Wildman–Crippen LogP) is 3.79. The van der Waals surface area contributed by atoms with Gasteiger partial charge in [-0.1, -0.05) is 48.5 Å². The Morgan fingerprint density at radius 2 is 1.09 bits per heavy atom. The summed E-state index contributed by atoms with van der Waals surface area (Å²) < 4.78 is 25.1. The molecule has 4 heteroatoms. The molecule has 0 radical (unpaired) electrons. The van der Waals surface area contributed by atoms with E-state index in [0.29, 0.717) is 12.0 Å². The third kappa shape index (κ3) is 5.20. The van der Waals surface area contributed by atoms with Crippen molar-refractivity contribution in [1.29, 1.82) is 0 Å². The number of aliphatic hydroxyl groups is 2. The molecule has 2 N–H and O–H groups in total. The van der Waals surface area contributed by atoms with Crippen molar-refractivity contribution in [3.63, 3.8) is 0 Å². The molecule has 0 fully saturated rings. The van der Waals surface area contributed by atoms with E-state index in [0.717, 1.165) is 16.7 Å². The molecule has 0 spiro atoms. The van der Waals surface area contributed by atoms with E-state index in [-0.39, 0.29) is 0 Å². The second-order valence-electron chi connectivity index (χ2n) is 6.23. The van der Waals surface area contributed by atoms with Gasteiger partial charge in [0, 0.05) is 6.42 Å². The summed E-state index contributed by atoms with van der Waals surface area (Å²) >= 11 is 0. The topological polar surface area (TPSA) is 40.5 Å². The van der Waals surface area contributed by atoms with Crippen LogP contribution in [0.3, 0.4) is 0 Å². The second kappa shape index (κ2) is 6.15. The van der Waals surface area contributed by atoms with Crippen LogP contribution in [0, 0.1) is 0 Å². The first-order valence-corrected chi connectivity index (χ1v) is 7.13. The van der Waals surface area contributed by atoms with Crippen molar-refractivity contribution in [1.82, 2.24) is 0 Å². The molecule has 2 aromatic rings. The molecule has 0 atom stereocenters. The van der Waals surface area contributed by atoms with Gasteiger partial charge in [-0.3, -0.25) is 0 Å². The molecule has 2 aromatic carbocycles. The van der Waals surface area contributed by atoms with E-state index in [1.807, 2.05) is 24.3 Å². The lowest BCUT2D eigenvalue weighted by molar-refractivity contribution is -0.196. The van der Waals surface area contributed by atoms with Crippen LogP contribution in [-0.4, -0.2) is 21.9 Å². The van der Waals surface area contributed by atoms with Gasteiger partial charge in [0.2, 0.25) is 0 Å². The van der Waals surface area contributed by atoms with Crippen LogP contribution in [0.1, 0.15) is 25.0 Å². The van der Waals surface area contributed by atoms with Gasteiger partial charge in [-0.2, -0.15) is 8.78 Å². The van der Waals surface area contributed by atoms with Crippen LogP contribution in [0.15, 0.2) is 48.5 Å². The molecule has 0 aliphatic carbocycles. The van der Waals surface area contributed by atoms with Crippen LogP contribution in [0.25, 0.3) is 11.1 Å². The Morgan fingerprint density at radius 1 is 0.727 bits per heavy atom. The zero-order valence-electron chi connectivity index (χ0n) is 12.7. The molecule has 0 aromatic heterocycles. The lowest BCUT2D eigenvalue weighted by atomic mass is 9.96. The first-order chi connectivity index (χ1) is 10.1. The van der Waals surface area contributed by atoms with Crippen molar-refractivity contribution in [2.45, 2.75) is 38.4 Å². The predicted molar refractivity (Wildman–Crippen MR) is 82.7 cm³/mol. The maximum Gasteiger partial charge on any atom is 0.357 e. The third-order valence-electron chi connectivity index (χ3n) is 3.29. The van der Waals surface area contributed by atoms with Gasteiger partial charge >= 0.3 is 6.11 Å². The molecule has 0 heterocycles. The summed E-state index contributed by atoms with van der Waals surface area (Å²) in [7, 11) is 0. The average molecular weight is 306 g/mol. The van der Waals surface area contributed by atoms with E-state index >= 15 is 0 Å². The largest absolute Gasteiger partial charge is 0.390 e. The Kier molecular flexibility index (Phi) is 4.63. The molecule has 0 saturated carbocycles. The fourth-order valence-electron chi connectivity index (χ4n) is 2.38. The first-order valence-electron chi connectivity index (χ1n) is 7.13. The number of hydrogen-bond acceptors (Lipinski definition) is 2. The van der Waals surface area contributed by atoms with Gasteiger partial charge in [0.1, 0.15) is 0 Å². The number of halogens is 2. The molecule has 0 saturated heterocycles. The van der Waals surface area contributed by atoms with Gasteiger partial charge < -0.3 is 10.2 Å². The summed E-state index contributed by atoms with van der Waals surface area (Å²) in [4.78, 5) is 0. The number of alkyl halides is 2. The van der Waals surface area contributed by atoms with E-state index in [4.69, 9.17) is 5.11 Å². The van der Waals surface area contributed by atoms with Gasteiger partial charge in [-0.25, -0.2) is 0 Å². The molecule has 0 amide bonds. The molecule has 0 bridgehead atoms. The molecular weight excluding hydrogens is 286 g/mol. The fraction of sp³-hybridized carbons (Fsp3) is 0.333. The highest BCUT2D eigenvalue weighted by atomic mass is 19.3. The summed E-state index contributed by atoms with van der Waals surface area (Å²) in [5.74, 6) is 0. The molecule has 2 rings (SSSR count). The average Bonchev–Trinajstić information content (AvgIpc) is 2.37. The first kappa shape index (κ1) is 16.6. The smallest absolute Gasteiger partial charge is 0.357 e. The minimum absolute atomic E-state index is 0.384. The zero-order chi connectivity index (χ0) is 16.4. The minimum Gasteiger partial charge on any atom is -0.390 e. The fourth-order valence-corrected chi connectivity index (χ4v) is 2.38. The van der Waals surface area contributed by atoms with E-state index < -0.39 is 18.1 Å². The molecule has 22 heavy (non-hydrogen) atoms. The lowest BCUT2D eigenvalue weighted by Crippen LogP contribution is -2.21. The van der Waals surface area contributed by atoms with Crippen LogP contribution in [0.2, 0.25) is 0 Å². The van der Waals surface area contributed by atoms with Crippen LogP contribution >= 0.6 is 0 Å². The van der Waals surface area contributed by atoms with Gasteiger partial charge in [0.05, 0.1) is 12.0 Å². The highest BCUT2D eigenvalue weighted by Gasteiger charge is 2.24. The van der Waals surface area contributed by atoms with Crippen LogP contribution in [0.4, 0.5) is 8.78 Å².